The van der Waals surface area contributed by atoms with Gasteiger partial charge in [0, 0.05) is 24.1 Å². The summed E-state index contributed by atoms with van der Waals surface area (Å²) < 4.78 is 11.1. The number of carbonyl (C=O) groups excluding carboxylic acids is 1. The van der Waals surface area contributed by atoms with E-state index in [1.165, 1.54) is 12.7 Å². The number of carbonyl (C=O) groups is 1. The monoisotopic (exact) mass is 436 g/mol. The van der Waals surface area contributed by atoms with E-state index in [4.69, 9.17) is 9.47 Å². The summed E-state index contributed by atoms with van der Waals surface area (Å²) in [6.07, 6.45) is 5.58. The van der Waals surface area contributed by atoms with Crippen molar-refractivity contribution in [2.45, 2.75) is 56.6 Å². The molecule has 5 rings (SSSR count). The first-order chi connectivity index (χ1) is 15.5. The van der Waals surface area contributed by atoms with Gasteiger partial charge in [-0.25, -0.2) is 4.79 Å². The normalized spacial score (nSPS) is 26.0. The van der Waals surface area contributed by atoms with Crippen LogP contribution >= 0.6 is 0 Å². The molecule has 2 bridgehead atoms. The number of ether oxygens (including phenoxy) is 2. The summed E-state index contributed by atoms with van der Waals surface area (Å²) in [4.78, 5) is 26.2. The van der Waals surface area contributed by atoms with Gasteiger partial charge in [0.15, 0.2) is 5.75 Å². The average Bonchev–Trinajstić information content (AvgIpc) is 2.82. The number of nitro benzene ring substituents is 1. The molecule has 7 heteroatoms. The van der Waals surface area contributed by atoms with Gasteiger partial charge >= 0.3 is 11.8 Å². The van der Waals surface area contributed by atoms with Gasteiger partial charge in [-0.2, -0.15) is 0 Å². The minimum atomic E-state index is -0.384. The molecule has 1 amide bonds. The molecule has 2 aliphatic carbocycles. The fraction of sp³-hybridized carbons (Fsp3) is 0.480. The lowest BCUT2D eigenvalue weighted by molar-refractivity contribution is -0.385. The Kier molecular flexibility index (Phi) is 5.27. The zero-order valence-electron chi connectivity index (χ0n) is 18.3. The Labute approximate surface area is 187 Å². The highest BCUT2D eigenvalue weighted by atomic mass is 16.6. The Morgan fingerprint density at radius 3 is 2.78 bits per heavy atom. The minimum absolute atomic E-state index is 0.00631. The SMILES string of the molecule is COc1cc2c(cc1[N+](=O)[O-])C[C@@H]1[C@@H]3CCCC[C@]23CCN1C(=O)OCc1ccccc1. The quantitative estimate of drug-likeness (QED) is 0.498. The van der Waals surface area contributed by atoms with Crippen molar-refractivity contribution in [1.29, 1.82) is 0 Å². The van der Waals surface area contributed by atoms with Crippen LogP contribution in [0.3, 0.4) is 0 Å². The molecule has 1 aliphatic heterocycles. The van der Waals surface area contributed by atoms with E-state index in [0.29, 0.717) is 24.6 Å². The second-order valence-electron chi connectivity index (χ2n) is 9.20. The largest absolute Gasteiger partial charge is 0.490 e. The molecule has 0 spiro atoms. The number of nitro groups is 1. The van der Waals surface area contributed by atoms with E-state index >= 15 is 0 Å². The van der Waals surface area contributed by atoms with Crippen LogP contribution in [-0.4, -0.2) is 35.6 Å². The second kappa shape index (κ2) is 8.11. The lowest BCUT2D eigenvalue weighted by Crippen LogP contribution is -2.62. The second-order valence-corrected chi connectivity index (χ2v) is 9.20. The zero-order valence-corrected chi connectivity index (χ0v) is 18.3. The van der Waals surface area contributed by atoms with Gasteiger partial charge in [0.25, 0.3) is 0 Å². The molecule has 0 unspecified atom stereocenters. The molecule has 3 atom stereocenters. The van der Waals surface area contributed by atoms with E-state index in [-0.39, 0.29) is 34.8 Å². The molecule has 1 heterocycles. The number of fused-ring (bicyclic) bond motifs is 1. The van der Waals surface area contributed by atoms with Crippen LogP contribution in [0.2, 0.25) is 0 Å². The highest BCUT2D eigenvalue weighted by Gasteiger charge is 2.55. The summed E-state index contributed by atoms with van der Waals surface area (Å²) in [7, 11) is 1.49. The number of amides is 1. The highest BCUT2D eigenvalue weighted by molar-refractivity contribution is 5.69. The first-order valence-electron chi connectivity index (χ1n) is 11.4. The molecular weight excluding hydrogens is 408 g/mol. The van der Waals surface area contributed by atoms with Crippen LogP contribution < -0.4 is 4.74 Å². The summed E-state index contributed by atoms with van der Waals surface area (Å²) in [5.74, 6) is 0.670. The number of nitrogens with zero attached hydrogens (tertiary/aromatic N) is 2. The maximum atomic E-state index is 13.1. The van der Waals surface area contributed by atoms with Crippen molar-refractivity contribution in [3.63, 3.8) is 0 Å². The van der Waals surface area contributed by atoms with Crippen molar-refractivity contribution in [1.82, 2.24) is 4.90 Å². The molecule has 0 aromatic heterocycles. The van der Waals surface area contributed by atoms with E-state index in [2.05, 4.69) is 0 Å². The molecule has 2 fully saturated rings. The lowest BCUT2D eigenvalue weighted by Gasteiger charge is -2.58. The third-order valence-corrected chi connectivity index (χ3v) is 7.77. The molecule has 2 aromatic carbocycles. The molecule has 0 radical (unpaired) electrons. The van der Waals surface area contributed by atoms with Crippen LogP contribution in [-0.2, 0) is 23.2 Å². The third-order valence-electron chi connectivity index (χ3n) is 7.77. The number of hydrogen-bond donors (Lipinski definition) is 0. The predicted molar refractivity (Wildman–Crippen MR) is 119 cm³/mol. The van der Waals surface area contributed by atoms with Crippen molar-refractivity contribution in [2.24, 2.45) is 5.92 Å². The number of likely N-dealkylation sites (tertiary alicyclic amines) is 1. The standard InChI is InChI=1S/C25H28N2O5/c1-31-23-15-20-18(14-22(23)27(29)30)13-21-19-9-5-6-10-25(19,20)11-12-26(21)24(28)32-16-17-7-3-2-4-8-17/h2-4,7-8,14-15,19,21H,5-6,9-13,16H2,1H3/t19-,21+,25+/m0/s1. The van der Waals surface area contributed by atoms with Gasteiger partial charge in [0.1, 0.15) is 6.61 Å². The lowest BCUT2D eigenvalue weighted by atomic mass is 9.52. The van der Waals surface area contributed by atoms with Crippen LogP contribution in [0.5, 0.6) is 5.75 Å². The highest BCUT2D eigenvalue weighted by Crippen LogP contribution is 2.57. The van der Waals surface area contributed by atoms with E-state index < -0.39 is 0 Å². The molecule has 1 saturated carbocycles. The Morgan fingerprint density at radius 2 is 2.03 bits per heavy atom. The van der Waals surface area contributed by atoms with E-state index in [1.54, 1.807) is 6.07 Å². The maximum absolute atomic E-state index is 13.1. The Morgan fingerprint density at radius 1 is 1.22 bits per heavy atom. The van der Waals surface area contributed by atoms with Gasteiger partial charge in [0.05, 0.1) is 12.0 Å². The predicted octanol–water partition coefficient (Wildman–Crippen LogP) is 5.00. The molecule has 0 N–H and O–H groups in total. The van der Waals surface area contributed by atoms with Crippen LogP contribution in [0.4, 0.5) is 10.5 Å². The van der Waals surface area contributed by atoms with Gasteiger partial charge in [-0.15, -0.1) is 0 Å². The summed E-state index contributed by atoms with van der Waals surface area (Å²) >= 11 is 0. The molecule has 168 valence electrons. The molecule has 32 heavy (non-hydrogen) atoms. The fourth-order valence-corrected chi connectivity index (χ4v) is 6.37. The molecule has 3 aliphatic rings. The topological polar surface area (TPSA) is 81.9 Å². The van der Waals surface area contributed by atoms with Crippen LogP contribution in [0, 0.1) is 16.0 Å². The maximum Gasteiger partial charge on any atom is 0.410 e. The van der Waals surface area contributed by atoms with Gasteiger partial charge in [-0.1, -0.05) is 43.2 Å². The van der Waals surface area contributed by atoms with Crippen LogP contribution in [0.1, 0.15) is 48.8 Å². The third kappa shape index (κ3) is 3.31. The van der Waals surface area contributed by atoms with Gasteiger partial charge in [-0.05, 0) is 54.4 Å². The van der Waals surface area contributed by atoms with Crippen molar-refractivity contribution in [2.75, 3.05) is 13.7 Å². The first-order valence-corrected chi connectivity index (χ1v) is 11.4. The van der Waals surface area contributed by atoms with Crippen molar-refractivity contribution >= 4 is 11.8 Å². The van der Waals surface area contributed by atoms with Crippen molar-refractivity contribution in [3.8, 4) is 5.75 Å². The average molecular weight is 437 g/mol. The van der Waals surface area contributed by atoms with Crippen molar-refractivity contribution in [3.05, 3.63) is 69.3 Å². The smallest absolute Gasteiger partial charge is 0.410 e. The van der Waals surface area contributed by atoms with Gasteiger partial charge in [-0.3, -0.25) is 10.1 Å². The molecular formula is C25H28N2O5. The number of methoxy groups -OCH3 is 1. The Balaban J connectivity index is 1.47. The minimum Gasteiger partial charge on any atom is -0.490 e. The van der Waals surface area contributed by atoms with E-state index in [0.717, 1.165) is 43.2 Å². The molecule has 2 aromatic rings. The van der Waals surface area contributed by atoms with Crippen LogP contribution in [0.15, 0.2) is 42.5 Å². The number of hydrogen-bond acceptors (Lipinski definition) is 5. The van der Waals surface area contributed by atoms with E-state index in [1.807, 2.05) is 41.3 Å². The summed E-state index contributed by atoms with van der Waals surface area (Å²) in [5, 5.41) is 11.6. The summed E-state index contributed by atoms with van der Waals surface area (Å²) in [6.45, 7) is 0.894. The first kappa shape index (κ1) is 20.8. The number of benzene rings is 2. The van der Waals surface area contributed by atoms with Gasteiger partial charge < -0.3 is 14.4 Å². The van der Waals surface area contributed by atoms with Gasteiger partial charge in [0.2, 0.25) is 0 Å². The number of rotatable bonds is 4. The fourth-order valence-electron chi connectivity index (χ4n) is 6.37. The summed E-state index contributed by atoms with van der Waals surface area (Å²) in [5.41, 5.74) is 3.07. The Hall–Kier alpha value is -3.09. The summed E-state index contributed by atoms with van der Waals surface area (Å²) in [6, 6.07) is 13.3. The van der Waals surface area contributed by atoms with Crippen molar-refractivity contribution < 1.29 is 19.2 Å². The molecule has 1 saturated heterocycles. The van der Waals surface area contributed by atoms with Crippen LogP contribution in [0.25, 0.3) is 0 Å². The van der Waals surface area contributed by atoms with E-state index in [9.17, 15) is 14.9 Å². The Bertz CT molecular complexity index is 1040. The zero-order chi connectivity index (χ0) is 22.3. The molecule has 7 nitrogen and oxygen atoms in total. The number of piperidine rings is 1.